The highest BCUT2D eigenvalue weighted by molar-refractivity contribution is 6.01. The Hall–Kier alpha value is -1.74. The van der Waals surface area contributed by atoms with Crippen LogP contribution in [0.4, 0.5) is 0 Å². The summed E-state index contributed by atoms with van der Waals surface area (Å²) >= 11 is 0. The molecule has 3 heteroatoms. The SMILES string of the molecule is CNCC(=O)c1ccc2c(C(C)C)cncc2c1. The number of ketones is 1. The molecule has 1 aromatic heterocycles. The van der Waals surface area contributed by atoms with E-state index in [0.29, 0.717) is 12.5 Å². The van der Waals surface area contributed by atoms with Gasteiger partial charge in [0.05, 0.1) is 6.54 Å². The van der Waals surface area contributed by atoms with Crippen molar-refractivity contribution in [2.45, 2.75) is 19.8 Å². The molecule has 0 fully saturated rings. The maximum absolute atomic E-state index is 11.8. The highest BCUT2D eigenvalue weighted by atomic mass is 16.1. The van der Waals surface area contributed by atoms with Crippen LogP contribution in [0.2, 0.25) is 0 Å². The van der Waals surface area contributed by atoms with Crippen LogP contribution in [0.1, 0.15) is 35.7 Å². The first-order chi connectivity index (χ1) is 8.63. The number of pyridine rings is 1. The Morgan fingerprint density at radius 2 is 2.11 bits per heavy atom. The third-order valence-corrected chi connectivity index (χ3v) is 3.07. The Morgan fingerprint density at radius 1 is 1.33 bits per heavy atom. The molecule has 0 saturated carbocycles. The Kier molecular flexibility index (Phi) is 3.72. The summed E-state index contributed by atoms with van der Waals surface area (Å²) in [6.07, 6.45) is 3.72. The van der Waals surface area contributed by atoms with E-state index in [1.807, 2.05) is 30.6 Å². The molecule has 1 heterocycles. The van der Waals surface area contributed by atoms with Gasteiger partial charge in [0.15, 0.2) is 5.78 Å². The number of carbonyl (C=O) groups excluding carboxylic acids is 1. The smallest absolute Gasteiger partial charge is 0.176 e. The number of nitrogens with zero attached hydrogens (tertiary/aromatic N) is 1. The van der Waals surface area contributed by atoms with E-state index < -0.39 is 0 Å². The molecule has 0 saturated heterocycles. The number of nitrogens with one attached hydrogen (secondary N) is 1. The fraction of sp³-hybridized carbons (Fsp3) is 0.333. The lowest BCUT2D eigenvalue weighted by Crippen LogP contribution is -2.18. The Balaban J connectivity index is 2.50. The summed E-state index contributed by atoms with van der Waals surface area (Å²) in [5.41, 5.74) is 1.96. The number of aromatic nitrogens is 1. The Bertz CT molecular complexity index is 576. The van der Waals surface area contributed by atoms with Gasteiger partial charge in [0.25, 0.3) is 0 Å². The molecule has 2 aromatic rings. The molecule has 18 heavy (non-hydrogen) atoms. The highest BCUT2D eigenvalue weighted by Crippen LogP contribution is 2.25. The van der Waals surface area contributed by atoms with Crippen LogP contribution in [0.5, 0.6) is 0 Å². The van der Waals surface area contributed by atoms with E-state index >= 15 is 0 Å². The van der Waals surface area contributed by atoms with E-state index in [4.69, 9.17) is 0 Å². The summed E-state index contributed by atoms with van der Waals surface area (Å²) < 4.78 is 0. The third kappa shape index (κ3) is 2.41. The zero-order chi connectivity index (χ0) is 13.1. The molecule has 0 aliphatic rings. The van der Waals surface area contributed by atoms with Crippen molar-refractivity contribution >= 4 is 16.6 Å². The molecule has 0 unspecified atom stereocenters. The molecular weight excluding hydrogens is 224 g/mol. The minimum atomic E-state index is 0.106. The molecule has 2 rings (SSSR count). The standard InChI is InChI=1S/C15H18N2O/c1-10(2)14-8-17-7-12-6-11(4-5-13(12)14)15(18)9-16-3/h4-8,10,16H,9H2,1-3H3. The lowest BCUT2D eigenvalue weighted by atomic mass is 9.97. The van der Waals surface area contributed by atoms with Gasteiger partial charge in [-0.1, -0.05) is 26.0 Å². The van der Waals surface area contributed by atoms with Crippen molar-refractivity contribution in [3.8, 4) is 0 Å². The molecular formula is C15H18N2O. The summed E-state index contributed by atoms with van der Waals surface area (Å²) in [4.78, 5) is 16.1. The van der Waals surface area contributed by atoms with Gasteiger partial charge in [-0.3, -0.25) is 9.78 Å². The molecule has 0 bridgehead atoms. The summed E-state index contributed by atoms with van der Waals surface area (Å²) in [5.74, 6) is 0.536. The predicted molar refractivity (Wildman–Crippen MR) is 74.1 cm³/mol. The molecule has 1 N–H and O–H groups in total. The summed E-state index contributed by atoms with van der Waals surface area (Å²) in [5, 5.41) is 5.09. The van der Waals surface area contributed by atoms with Crippen molar-refractivity contribution in [1.29, 1.82) is 0 Å². The van der Waals surface area contributed by atoms with Crippen LogP contribution in [0.25, 0.3) is 10.8 Å². The zero-order valence-electron chi connectivity index (χ0n) is 11.0. The van der Waals surface area contributed by atoms with Gasteiger partial charge in [-0.2, -0.15) is 0 Å². The van der Waals surface area contributed by atoms with Crippen LogP contribution < -0.4 is 5.32 Å². The van der Waals surface area contributed by atoms with Crippen molar-refractivity contribution in [1.82, 2.24) is 10.3 Å². The van der Waals surface area contributed by atoms with Gasteiger partial charge in [-0.15, -0.1) is 0 Å². The second kappa shape index (κ2) is 5.27. The Morgan fingerprint density at radius 3 is 2.78 bits per heavy atom. The van der Waals surface area contributed by atoms with Gasteiger partial charge >= 0.3 is 0 Å². The first-order valence-electron chi connectivity index (χ1n) is 6.19. The van der Waals surface area contributed by atoms with Crippen LogP contribution in [0, 0.1) is 0 Å². The number of hydrogen-bond acceptors (Lipinski definition) is 3. The number of carbonyl (C=O) groups is 1. The first kappa shape index (κ1) is 12.7. The minimum Gasteiger partial charge on any atom is -0.313 e. The second-order valence-electron chi connectivity index (χ2n) is 4.77. The quantitative estimate of drug-likeness (QED) is 0.838. The predicted octanol–water partition coefficient (Wildman–Crippen LogP) is 2.76. The lowest BCUT2D eigenvalue weighted by molar-refractivity contribution is 0.0993. The van der Waals surface area contributed by atoms with Gasteiger partial charge in [-0.05, 0) is 30.0 Å². The van der Waals surface area contributed by atoms with Crippen molar-refractivity contribution in [2.24, 2.45) is 0 Å². The largest absolute Gasteiger partial charge is 0.313 e. The molecule has 0 amide bonds. The van der Waals surface area contributed by atoms with Gasteiger partial charge in [-0.25, -0.2) is 0 Å². The number of Topliss-reactive ketones (excluding diaryl/α,β-unsaturated/α-hetero) is 1. The van der Waals surface area contributed by atoms with E-state index in [0.717, 1.165) is 10.9 Å². The first-order valence-corrected chi connectivity index (χ1v) is 6.19. The molecule has 0 aliphatic heterocycles. The summed E-state index contributed by atoms with van der Waals surface area (Å²) in [7, 11) is 1.78. The fourth-order valence-corrected chi connectivity index (χ4v) is 2.10. The molecule has 0 spiro atoms. The monoisotopic (exact) mass is 242 g/mol. The van der Waals surface area contributed by atoms with Gasteiger partial charge in [0.2, 0.25) is 0 Å². The maximum atomic E-state index is 11.8. The van der Waals surface area contributed by atoms with E-state index in [1.54, 1.807) is 7.05 Å². The molecule has 0 aliphatic carbocycles. The fourth-order valence-electron chi connectivity index (χ4n) is 2.10. The van der Waals surface area contributed by atoms with Crippen molar-refractivity contribution in [2.75, 3.05) is 13.6 Å². The van der Waals surface area contributed by atoms with E-state index in [-0.39, 0.29) is 5.78 Å². The number of hydrogen-bond donors (Lipinski definition) is 1. The number of benzene rings is 1. The van der Waals surface area contributed by atoms with Crippen LogP contribution >= 0.6 is 0 Å². The zero-order valence-corrected chi connectivity index (χ0v) is 11.0. The maximum Gasteiger partial charge on any atom is 0.176 e. The number of likely N-dealkylation sites (N-methyl/N-ethyl adjacent to an activating group) is 1. The van der Waals surface area contributed by atoms with Crippen molar-refractivity contribution in [3.05, 3.63) is 41.7 Å². The number of rotatable bonds is 4. The average molecular weight is 242 g/mol. The summed E-state index contributed by atoms with van der Waals surface area (Å²) in [6.45, 7) is 4.66. The van der Waals surface area contributed by atoms with E-state index in [9.17, 15) is 4.79 Å². The normalized spacial score (nSPS) is 11.1. The topological polar surface area (TPSA) is 42.0 Å². The van der Waals surface area contributed by atoms with Crippen LogP contribution in [0.3, 0.4) is 0 Å². The third-order valence-electron chi connectivity index (χ3n) is 3.07. The van der Waals surface area contributed by atoms with Gasteiger partial charge in [0, 0.05) is 23.3 Å². The molecule has 1 aromatic carbocycles. The number of fused-ring (bicyclic) bond motifs is 1. The highest BCUT2D eigenvalue weighted by Gasteiger charge is 2.09. The van der Waals surface area contributed by atoms with Gasteiger partial charge < -0.3 is 5.32 Å². The van der Waals surface area contributed by atoms with Crippen LogP contribution in [-0.2, 0) is 0 Å². The summed E-state index contributed by atoms with van der Waals surface area (Å²) in [6, 6.07) is 5.84. The lowest BCUT2D eigenvalue weighted by Gasteiger charge is -2.10. The van der Waals surface area contributed by atoms with E-state index in [2.05, 4.69) is 24.1 Å². The minimum absolute atomic E-state index is 0.106. The molecule has 3 nitrogen and oxygen atoms in total. The van der Waals surface area contributed by atoms with Crippen LogP contribution in [0.15, 0.2) is 30.6 Å². The van der Waals surface area contributed by atoms with Gasteiger partial charge in [0.1, 0.15) is 0 Å². The van der Waals surface area contributed by atoms with Crippen LogP contribution in [-0.4, -0.2) is 24.4 Å². The average Bonchev–Trinajstić information content (AvgIpc) is 2.37. The molecule has 0 atom stereocenters. The van der Waals surface area contributed by atoms with Crippen molar-refractivity contribution in [3.63, 3.8) is 0 Å². The second-order valence-corrected chi connectivity index (χ2v) is 4.77. The molecule has 94 valence electrons. The Labute approximate surface area is 107 Å². The molecule has 0 radical (unpaired) electrons. The van der Waals surface area contributed by atoms with Crippen molar-refractivity contribution < 1.29 is 4.79 Å². The van der Waals surface area contributed by atoms with E-state index in [1.165, 1.54) is 10.9 Å².